The van der Waals surface area contributed by atoms with E-state index in [4.69, 9.17) is 0 Å². The molecule has 8 nitrogen and oxygen atoms in total. The predicted molar refractivity (Wildman–Crippen MR) is 93.8 cm³/mol. The van der Waals surface area contributed by atoms with Crippen LogP contribution in [0.5, 0.6) is 0 Å². The maximum atomic E-state index is 4.58. The molecule has 1 fully saturated rings. The second-order valence-corrected chi connectivity index (χ2v) is 6.66. The molecule has 0 aliphatic carbocycles. The van der Waals surface area contributed by atoms with Crippen molar-refractivity contribution in [3.8, 4) is 0 Å². The van der Waals surface area contributed by atoms with Gasteiger partial charge in [0.05, 0.1) is 0 Å². The van der Waals surface area contributed by atoms with Crippen molar-refractivity contribution in [2.45, 2.75) is 26.7 Å². The van der Waals surface area contributed by atoms with Crippen LogP contribution >= 0.6 is 11.5 Å². The van der Waals surface area contributed by atoms with E-state index in [-0.39, 0.29) is 0 Å². The molecule has 0 bridgehead atoms. The Morgan fingerprint density at radius 3 is 2.62 bits per heavy atom. The van der Waals surface area contributed by atoms with Crippen molar-refractivity contribution in [1.29, 1.82) is 0 Å². The van der Waals surface area contributed by atoms with E-state index in [1.165, 1.54) is 11.5 Å². The Labute approximate surface area is 144 Å². The largest absolute Gasteiger partial charge is 0.353 e. The number of fused-ring (bicyclic) bond motifs is 1. The second kappa shape index (κ2) is 6.31. The molecule has 126 valence electrons. The first-order valence-electron chi connectivity index (χ1n) is 8.24. The van der Waals surface area contributed by atoms with Gasteiger partial charge in [0.1, 0.15) is 18.0 Å². The zero-order valence-electron chi connectivity index (χ0n) is 13.9. The van der Waals surface area contributed by atoms with Gasteiger partial charge in [-0.1, -0.05) is 13.3 Å². The van der Waals surface area contributed by atoms with Crippen molar-refractivity contribution in [3.63, 3.8) is 0 Å². The summed E-state index contributed by atoms with van der Waals surface area (Å²) in [7, 11) is 0. The van der Waals surface area contributed by atoms with E-state index in [1.807, 2.05) is 11.4 Å². The number of anilines is 2. The minimum Gasteiger partial charge on any atom is -0.353 e. The summed E-state index contributed by atoms with van der Waals surface area (Å²) in [5, 5.41) is 5.36. The van der Waals surface area contributed by atoms with Gasteiger partial charge in [-0.15, -0.1) is 0 Å². The van der Waals surface area contributed by atoms with Crippen molar-refractivity contribution < 1.29 is 0 Å². The highest BCUT2D eigenvalue weighted by molar-refractivity contribution is 7.09. The molecule has 3 aromatic rings. The molecule has 0 atom stereocenters. The highest BCUT2D eigenvalue weighted by Gasteiger charge is 2.22. The van der Waals surface area contributed by atoms with Crippen LogP contribution in [0, 0.1) is 6.92 Å². The zero-order chi connectivity index (χ0) is 16.5. The number of rotatable bonds is 4. The van der Waals surface area contributed by atoms with Gasteiger partial charge in [0, 0.05) is 49.5 Å². The summed E-state index contributed by atoms with van der Waals surface area (Å²) < 4.78 is 6.12. The fourth-order valence-electron chi connectivity index (χ4n) is 3.00. The molecule has 24 heavy (non-hydrogen) atoms. The lowest BCUT2D eigenvalue weighted by Gasteiger charge is -2.35. The van der Waals surface area contributed by atoms with E-state index in [0.717, 1.165) is 61.5 Å². The molecule has 0 saturated carbocycles. The van der Waals surface area contributed by atoms with Crippen LogP contribution in [0.15, 0.2) is 12.4 Å². The van der Waals surface area contributed by atoms with Crippen molar-refractivity contribution in [1.82, 2.24) is 28.9 Å². The van der Waals surface area contributed by atoms with E-state index in [0.29, 0.717) is 5.78 Å². The second-order valence-electron chi connectivity index (χ2n) is 5.93. The zero-order valence-corrected chi connectivity index (χ0v) is 14.7. The van der Waals surface area contributed by atoms with Crippen molar-refractivity contribution in [2.24, 2.45) is 0 Å². The van der Waals surface area contributed by atoms with Crippen molar-refractivity contribution in [3.05, 3.63) is 23.9 Å². The maximum absolute atomic E-state index is 4.58. The molecule has 1 saturated heterocycles. The molecule has 0 spiro atoms. The third kappa shape index (κ3) is 2.79. The average Bonchev–Trinajstić information content (AvgIpc) is 3.23. The summed E-state index contributed by atoms with van der Waals surface area (Å²) in [6.07, 6.45) is 3.60. The van der Waals surface area contributed by atoms with Gasteiger partial charge in [-0.05, 0) is 13.3 Å². The molecule has 0 amide bonds. The smallest absolute Gasteiger partial charge is 0.254 e. The van der Waals surface area contributed by atoms with Gasteiger partial charge in [-0.25, -0.2) is 9.97 Å². The van der Waals surface area contributed by atoms with Gasteiger partial charge in [0.2, 0.25) is 5.13 Å². The standard InChI is InChI=1S/C15H20N8S/c1-3-4-12-9-13(23-14(19-12)16-10-17-23)21-5-7-22(8-6-21)15-18-11(2)20-24-15/h9-10H,3-8H2,1-2H3. The first-order valence-corrected chi connectivity index (χ1v) is 9.02. The number of hydrogen-bond donors (Lipinski definition) is 0. The van der Waals surface area contributed by atoms with Crippen LogP contribution in [0.2, 0.25) is 0 Å². The minimum atomic E-state index is 0.679. The summed E-state index contributed by atoms with van der Waals surface area (Å²) in [6.45, 7) is 7.79. The Bertz CT molecular complexity index is 833. The SMILES string of the molecule is CCCc1cc(N2CCN(c3nc(C)ns3)CC2)n2ncnc2n1. The fourth-order valence-corrected chi connectivity index (χ4v) is 3.72. The van der Waals surface area contributed by atoms with E-state index in [2.05, 4.69) is 47.2 Å². The van der Waals surface area contributed by atoms with Crippen LogP contribution in [-0.4, -0.2) is 55.1 Å². The molecule has 0 aromatic carbocycles. The maximum Gasteiger partial charge on any atom is 0.254 e. The van der Waals surface area contributed by atoms with Gasteiger partial charge in [0.25, 0.3) is 5.78 Å². The Hall–Kier alpha value is -2.29. The van der Waals surface area contributed by atoms with Gasteiger partial charge < -0.3 is 9.80 Å². The number of hydrogen-bond acceptors (Lipinski definition) is 8. The average molecular weight is 344 g/mol. The fraction of sp³-hybridized carbons (Fsp3) is 0.533. The van der Waals surface area contributed by atoms with E-state index >= 15 is 0 Å². The van der Waals surface area contributed by atoms with Crippen molar-refractivity contribution >= 4 is 28.3 Å². The summed E-state index contributed by atoms with van der Waals surface area (Å²) in [5.41, 5.74) is 1.08. The Kier molecular flexibility index (Phi) is 4.01. The van der Waals surface area contributed by atoms with Gasteiger partial charge in [-0.3, -0.25) is 0 Å². The summed E-state index contributed by atoms with van der Waals surface area (Å²) in [4.78, 5) is 18.0. The minimum absolute atomic E-state index is 0.679. The summed E-state index contributed by atoms with van der Waals surface area (Å²) in [5.74, 6) is 2.60. The molecular formula is C15H20N8S. The van der Waals surface area contributed by atoms with E-state index in [1.54, 1.807) is 6.33 Å². The number of aromatic nitrogens is 6. The third-order valence-corrected chi connectivity index (χ3v) is 5.05. The molecule has 0 N–H and O–H groups in total. The highest BCUT2D eigenvalue weighted by atomic mass is 32.1. The monoisotopic (exact) mass is 344 g/mol. The first kappa shape index (κ1) is 15.3. The van der Waals surface area contributed by atoms with Crippen LogP contribution < -0.4 is 9.80 Å². The summed E-state index contributed by atoms with van der Waals surface area (Å²) >= 11 is 1.47. The predicted octanol–water partition coefficient (Wildman–Crippen LogP) is 1.56. The molecule has 4 rings (SSSR count). The van der Waals surface area contributed by atoms with Crippen LogP contribution in [-0.2, 0) is 6.42 Å². The van der Waals surface area contributed by atoms with Gasteiger partial charge >= 0.3 is 0 Å². The Balaban J connectivity index is 1.56. The molecule has 0 unspecified atom stereocenters. The molecule has 3 aromatic heterocycles. The molecule has 9 heteroatoms. The normalized spacial score (nSPS) is 15.4. The lowest BCUT2D eigenvalue weighted by molar-refractivity contribution is 0.636. The lowest BCUT2D eigenvalue weighted by atomic mass is 10.2. The number of nitrogens with zero attached hydrogens (tertiary/aromatic N) is 8. The van der Waals surface area contributed by atoms with Gasteiger partial charge in [0.15, 0.2) is 0 Å². The molecule has 1 aliphatic heterocycles. The van der Waals surface area contributed by atoms with Crippen LogP contribution in [0.25, 0.3) is 5.78 Å². The topological polar surface area (TPSA) is 75.3 Å². The first-order chi connectivity index (χ1) is 11.7. The van der Waals surface area contributed by atoms with Crippen LogP contribution in [0.4, 0.5) is 10.9 Å². The van der Waals surface area contributed by atoms with Gasteiger partial charge in [-0.2, -0.15) is 19.0 Å². The molecule has 1 aliphatic rings. The third-order valence-electron chi connectivity index (χ3n) is 4.18. The van der Waals surface area contributed by atoms with Crippen LogP contribution in [0.3, 0.4) is 0 Å². The van der Waals surface area contributed by atoms with Crippen LogP contribution in [0.1, 0.15) is 24.9 Å². The van der Waals surface area contributed by atoms with Crippen molar-refractivity contribution in [2.75, 3.05) is 36.0 Å². The molecular weight excluding hydrogens is 324 g/mol. The summed E-state index contributed by atoms with van der Waals surface area (Å²) in [6, 6.07) is 2.15. The van der Waals surface area contributed by atoms with E-state index in [9.17, 15) is 0 Å². The quantitative estimate of drug-likeness (QED) is 0.711. The molecule has 0 radical (unpaired) electrons. The lowest BCUT2D eigenvalue weighted by Crippen LogP contribution is -2.47. The van der Waals surface area contributed by atoms with E-state index < -0.39 is 0 Å². The highest BCUT2D eigenvalue weighted by Crippen LogP contribution is 2.22. The number of piperazine rings is 1. The Morgan fingerprint density at radius 2 is 1.92 bits per heavy atom. The molecule has 4 heterocycles. The number of aryl methyl sites for hydroxylation is 2. The Morgan fingerprint density at radius 1 is 1.12 bits per heavy atom.